The second-order valence-electron chi connectivity index (χ2n) is 4.57. The molecule has 3 heteroatoms. The Kier molecular flexibility index (Phi) is 4.31. The Morgan fingerprint density at radius 2 is 1.63 bits per heavy atom. The predicted molar refractivity (Wildman–Crippen MR) is 77.4 cm³/mol. The number of primary amides is 1. The first-order chi connectivity index (χ1) is 9.16. The van der Waals surface area contributed by atoms with E-state index < -0.39 is 0 Å². The normalized spacial score (nSPS) is 12.1. The molecule has 0 saturated carbocycles. The molecule has 0 fully saturated rings. The molecule has 0 bridgehead atoms. The van der Waals surface area contributed by atoms with Crippen LogP contribution in [-0.2, 0) is 11.3 Å². The lowest BCUT2D eigenvalue weighted by molar-refractivity contribution is -0.119. The number of benzene rings is 2. The van der Waals surface area contributed by atoms with Crippen LogP contribution < -0.4 is 11.1 Å². The second-order valence-corrected chi connectivity index (χ2v) is 4.57. The summed E-state index contributed by atoms with van der Waals surface area (Å²) in [4.78, 5) is 10.9. The summed E-state index contributed by atoms with van der Waals surface area (Å²) in [7, 11) is 0. The Morgan fingerprint density at radius 1 is 1.05 bits per heavy atom. The van der Waals surface area contributed by atoms with E-state index in [1.807, 2.05) is 18.2 Å². The van der Waals surface area contributed by atoms with Gasteiger partial charge in [-0.05, 0) is 23.6 Å². The minimum Gasteiger partial charge on any atom is -0.368 e. The molecular formula is C16H18N2O. The molecule has 0 heterocycles. The summed E-state index contributed by atoms with van der Waals surface area (Å²) in [5.41, 5.74) is 8.72. The number of nitrogens with two attached hydrogens (primary N) is 1. The highest BCUT2D eigenvalue weighted by Crippen LogP contribution is 2.19. The maximum absolute atomic E-state index is 10.9. The van der Waals surface area contributed by atoms with Gasteiger partial charge in [0.2, 0.25) is 5.91 Å². The molecule has 2 rings (SSSR count). The van der Waals surface area contributed by atoms with Crippen molar-refractivity contribution in [2.75, 3.05) is 0 Å². The average Bonchev–Trinajstić information content (AvgIpc) is 2.46. The number of amides is 1. The van der Waals surface area contributed by atoms with Crippen molar-refractivity contribution < 1.29 is 4.79 Å². The van der Waals surface area contributed by atoms with E-state index in [1.165, 1.54) is 11.1 Å². The zero-order chi connectivity index (χ0) is 13.7. The lowest BCUT2D eigenvalue weighted by atomic mass is 10.0. The van der Waals surface area contributed by atoms with Crippen molar-refractivity contribution in [1.29, 1.82) is 0 Å². The fraction of sp³-hybridized carbons (Fsp3) is 0.188. The monoisotopic (exact) mass is 254 g/mol. The Balaban J connectivity index is 2.01. The van der Waals surface area contributed by atoms with Crippen LogP contribution in [-0.4, -0.2) is 11.9 Å². The highest BCUT2D eigenvalue weighted by atomic mass is 16.1. The third kappa shape index (κ3) is 3.66. The van der Waals surface area contributed by atoms with Gasteiger partial charge in [0.15, 0.2) is 0 Å². The maximum atomic E-state index is 10.9. The van der Waals surface area contributed by atoms with Crippen LogP contribution in [0.15, 0.2) is 54.6 Å². The van der Waals surface area contributed by atoms with Crippen LogP contribution in [0.1, 0.15) is 12.5 Å². The van der Waals surface area contributed by atoms with Gasteiger partial charge in [0.25, 0.3) is 0 Å². The summed E-state index contributed by atoms with van der Waals surface area (Å²) in [5.74, 6) is -0.332. The summed E-state index contributed by atoms with van der Waals surface area (Å²) in [6, 6.07) is 18.2. The summed E-state index contributed by atoms with van der Waals surface area (Å²) >= 11 is 0. The van der Waals surface area contributed by atoms with E-state index >= 15 is 0 Å². The lowest BCUT2D eigenvalue weighted by Crippen LogP contribution is -2.38. The maximum Gasteiger partial charge on any atom is 0.234 e. The average molecular weight is 254 g/mol. The van der Waals surface area contributed by atoms with Gasteiger partial charge < -0.3 is 11.1 Å². The van der Waals surface area contributed by atoms with Gasteiger partial charge in [0.1, 0.15) is 0 Å². The zero-order valence-electron chi connectivity index (χ0n) is 11.0. The fourth-order valence-corrected chi connectivity index (χ4v) is 1.82. The van der Waals surface area contributed by atoms with E-state index in [4.69, 9.17) is 5.73 Å². The van der Waals surface area contributed by atoms with Crippen molar-refractivity contribution in [3.63, 3.8) is 0 Å². The Bertz CT molecular complexity index is 534. The number of rotatable bonds is 5. The van der Waals surface area contributed by atoms with E-state index in [0.717, 1.165) is 5.56 Å². The van der Waals surface area contributed by atoms with E-state index in [1.54, 1.807) is 6.92 Å². The molecule has 0 spiro atoms. The first kappa shape index (κ1) is 13.3. The van der Waals surface area contributed by atoms with Crippen LogP contribution in [0.3, 0.4) is 0 Å². The van der Waals surface area contributed by atoms with Gasteiger partial charge in [-0.3, -0.25) is 4.79 Å². The van der Waals surface area contributed by atoms with Gasteiger partial charge in [0.05, 0.1) is 6.04 Å². The van der Waals surface area contributed by atoms with Crippen LogP contribution in [0.2, 0.25) is 0 Å². The number of nitrogens with one attached hydrogen (secondary N) is 1. The molecule has 1 atom stereocenters. The highest BCUT2D eigenvalue weighted by Gasteiger charge is 2.06. The molecule has 19 heavy (non-hydrogen) atoms. The van der Waals surface area contributed by atoms with Crippen molar-refractivity contribution in [2.24, 2.45) is 5.73 Å². The molecule has 0 unspecified atom stereocenters. The number of carbonyl (C=O) groups excluding carboxylic acids is 1. The van der Waals surface area contributed by atoms with E-state index in [9.17, 15) is 4.79 Å². The molecule has 2 aromatic carbocycles. The van der Waals surface area contributed by atoms with Crippen LogP contribution >= 0.6 is 0 Å². The first-order valence-corrected chi connectivity index (χ1v) is 6.34. The third-order valence-corrected chi connectivity index (χ3v) is 3.10. The minimum atomic E-state index is -0.332. The standard InChI is InChI=1S/C16H18N2O/c1-12(16(17)19)18-11-13-7-9-15(10-8-13)14-5-3-2-4-6-14/h2-10,12,18H,11H2,1H3,(H2,17,19)/t12-/m0/s1. The Morgan fingerprint density at radius 3 is 2.21 bits per heavy atom. The van der Waals surface area contributed by atoms with E-state index in [0.29, 0.717) is 6.54 Å². The van der Waals surface area contributed by atoms with Gasteiger partial charge in [-0.15, -0.1) is 0 Å². The largest absolute Gasteiger partial charge is 0.368 e. The van der Waals surface area contributed by atoms with Gasteiger partial charge in [-0.1, -0.05) is 54.6 Å². The SMILES string of the molecule is C[C@H](NCc1ccc(-c2ccccc2)cc1)C(N)=O. The summed E-state index contributed by atoms with van der Waals surface area (Å²) in [6.07, 6.45) is 0. The van der Waals surface area contributed by atoms with Crippen LogP contribution in [0.5, 0.6) is 0 Å². The van der Waals surface area contributed by atoms with Gasteiger partial charge in [0, 0.05) is 6.54 Å². The molecule has 0 aliphatic heterocycles. The smallest absolute Gasteiger partial charge is 0.234 e. The van der Waals surface area contributed by atoms with Crippen molar-refractivity contribution in [2.45, 2.75) is 19.5 Å². The van der Waals surface area contributed by atoms with Gasteiger partial charge in [-0.25, -0.2) is 0 Å². The molecule has 0 saturated heterocycles. The number of hydrogen-bond donors (Lipinski definition) is 2. The Labute approximate surface area is 113 Å². The lowest BCUT2D eigenvalue weighted by Gasteiger charge is -2.10. The molecule has 3 nitrogen and oxygen atoms in total. The van der Waals surface area contributed by atoms with Crippen molar-refractivity contribution in [3.8, 4) is 11.1 Å². The minimum absolute atomic E-state index is 0.311. The molecule has 1 amide bonds. The molecule has 0 aliphatic carbocycles. The van der Waals surface area contributed by atoms with Crippen molar-refractivity contribution >= 4 is 5.91 Å². The summed E-state index contributed by atoms with van der Waals surface area (Å²) < 4.78 is 0. The van der Waals surface area contributed by atoms with Crippen molar-refractivity contribution in [3.05, 3.63) is 60.2 Å². The quantitative estimate of drug-likeness (QED) is 0.860. The molecular weight excluding hydrogens is 236 g/mol. The molecule has 2 aromatic rings. The second kappa shape index (κ2) is 6.16. The molecule has 98 valence electrons. The topological polar surface area (TPSA) is 55.1 Å². The molecule has 0 radical (unpaired) electrons. The first-order valence-electron chi connectivity index (χ1n) is 6.34. The van der Waals surface area contributed by atoms with Gasteiger partial charge >= 0.3 is 0 Å². The highest BCUT2D eigenvalue weighted by molar-refractivity contribution is 5.79. The molecule has 3 N–H and O–H groups in total. The number of carbonyl (C=O) groups is 1. The van der Waals surface area contributed by atoms with Crippen LogP contribution in [0.25, 0.3) is 11.1 Å². The van der Waals surface area contributed by atoms with E-state index in [2.05, 4.69) is 41.7 Å². The number of hydrogen-bond acceptors (Lipinski definition) is 2. The predicted octanol–water partition coefficient (Wildman–Crippen LogP) is 2.32. The third-order valence-electron chi connectivity index (χ3n) is 3.10. The summed E-state index contributed by atoms with van der Waals surface area (Å²) in [6.45, 7) is 2.40. The Hall–Kier alpha value is -2.13. The molecule has 0 aliphatic rings. The fourth-order valence-electron chi connectivity index (χ4n) is 1.82. The van der Waals surface area contributed by atoms with Crippen LogP contribution in [0, 0.1) is 0 Å². The van der Waals surface area contributed by atoms with Gasteiger partial charge in [-0.2, -0.15) is 0 Å². The summed E-state index contributed by atoms with van der Waals surface area (Å²) in [5, 5.41) is 3.08. The zero-order valence-corrected chi connectivity index (χ0v) is 11.0. The van der Waals surface area contributed by atoms with E-state index in [-0.39, 0.29) is 11.9 Å². The van der Waals surface area contributed by atoms with Crippen molar-refractivity contribution in [1.82, 2.24) is 5.32 Å². The van der Waals surface area contributed by atoms with Crippen LogP contribution in [0.4, 0.5) is 0 Å². The molecule has 0 aromatic heterocycles.